The fourth-order valence-corrected chi connectivity index (χ4v) is 2.20. The summed E-state index contributed by atoms with van der Waals surface area (Å²) in [6.45, 7) is 0. The summed E-state index contributed by atoms with van der Waals surface area (Å²) >= 11 is 0. The average Bonchev–Trinajstić information content (AvgIpc) is 2.55. The molecule has 0 aromatic heterocycles. The molecule has 2 aromatic rings. The molecule has 0 saturated carbocycles. The van der Waals surface area contributed by atoms with Gasteiger partial charge in [0.2, 0.25) is 0 Å². The van der Waals surface area contributed by atoms with E-state index in [4.69, 9.17) is 9.84 Å². The minimum Gasteiger partial charge on any atom is -0.481 e. The summed E-state index contributed by atoms with van der Waals surface area (Å²) < 4.78 is 4.70. The van der Waals surface area contributed by atoms with Crippen molar-refractivity contribution in [2.24, 2.45) is 0 Å². The number of ether oxygens (including phenoxy) is 1. The van der Waals surface area contributed by atoms with E-state index in [1.807, 2.05) is 30.3 Å². The summed E-state index contributed by atoms with van der Waals surface area (Å²) in [7, 11) is 0. The van der Waals surface area contributed by atoms with E-state index >= 15 is 0 Å². The third-order valence-corrected chi connectivity index (χ3v) is 3.26. The molecule has 6 heteroatoms. The maximum absolute atomic E-state index is 11.9. The standard InChI is InChI=1S/C18H17NO5/c20-16(21)12-15(11-13-7-3-1-4-8-13)19-18(23)24-17(22)14-9-5-2-6-10-14/h1-10,15H,11-12H2,(H,19,23)(H,20,21)/t15-/m0/s1. The van der Waals surface area contributed by atoms with Gasteiger partial charge >= 0.3 is 18.0 Å². The van der Waals surface area contributed by atoms with Gasteiger partial charge in [-0.1, -0.05) is 48.5 Å². The van der Waals surface area contributed by atoms with Crippen molar-refractivity contribution in [3.8, 4) is 0 Å². The molecule has 0 bridgehead atoms. The van der Waals surface area contributed by atoms with Gasteiger partial charge in [-0.3, -0.25) is 4.79 Å². The molecule has 24 heavy (non-hydrogen) atoms. The Labute approximate surface area is 139 Å². The van der Waals surface area contributed by atoms with E-state index in [0.717, 1.165) is 5.56 Å². The summed E-state index contributed by atoms with van der Waals surface area (Å²) in [5.74, 6) is -1.84. The maximum Gasteiger partial charge on any atom is 0.415 e. The number of nitrogens with one attached hydrogen (secondary N) is 1. The van der Waals surface area contributed by atoms with Crippen molar-refractivity contribution < 1.29 is 24.2 Å². The monoisotopic (exact) mass is 327 g/mol. The first-order valence-corrected chi connectivity index (χ1v) is 7.38. The zero-order valence-electron chi connectivity index (χ0n) is 12.8. The topological polar surface area (TPSA) is 92.7 Å². The number of aliphatic carboxylic acids is 1. The van der Waals surface area contributed by atoms with Crippen molar-refractivity contribution in [2.45, 2.75) is 18.9 Å². The third-order valence-electron chi connectivity index (χ3n) is 3.26. The minimum absolute atomic E-state index is 0.241. The zero-order valence-corrected chi connectivity index (χ0v) is 12.8. The van der Waals surface area contributed by atoms with Gasteiger partial charge in [-0.25, -0.2) is 9.59 Å². The molecule has 1 atom stereocenters. The molecule has 0 heterocycles. The number of carboxylic acids is 1. The fourth-order valence-electron chi connectivity index (χ4n) is 2.20. The van der Waals surface area contributed by atoms with Crippen LogP contribution < -0.4 is 5.32 Å². The Morgan fingerprint density at radius 3 is 2.12 bits per heavy atom. The molecule has 0 saturated heterocycles. The lowest BCUT2D eigenvalue weighted by Crippen LogP contribution is -2.39. The zero-order chi connectivity index (χ0) is 17.4. The van der Waals surface area contributed by atoms with E-state index in [1.165, 1.54) is 12.1 Å². The van der Waals surface area contributed by atoms with Crippen LogP contribution in [0.3, 0.4) is 0 Å². The van der Waals surface area contributed by atoms with Crippen LogP contribution in [-0.4, -0.2) is 29.2 Å². The number of carbonyl (C=O) groups excluding carboxylic acids is 2. The van der Waals surface area contributed by atoms with Crippen LogP contribution in [0.4, 0.5) is 4.79 Å². The lowest BCUT2D eigenvalue weighted by Gasteiger charge is -2.16. The Bertz CT molecular complexity index is 700. The van der Waals surface area contributed by atoms with E-state index in [0.29, 0.717) is 6.42 Å². The number of hydrogen-bond acceptors (Lipinski definition) is 4. The molecule has 2 N–H and O–H groups in total. The van der Waals surface area contributed by atoms with E-state index < -0.39 is 24.1 Å². The molecule has 0 aliphatic heterocycles. The van der Waals surface area contributed by atoms with Crippen molar-refractivity contribution in [1.29, 1.82) is 0 Å². The molecule has 2 aromatic carbocycles. The van der Waals surface area contributed by atoms with Crippen LogP contribution in [-0.2, 0) is 16.0 Å². The van der Waals surface area contributed by atoms with Gasteiger partial charge in [0.05, 0.1) is 12.0 Å². The molecule has 6 nitrogen and oxygen atoms in total. The second-order valence-electron chi connectivity index (χ2n) is 5.17. The largest absolute Gasteiger partial charge is 0.481 e. The Balaban J connectivity index is 1.96. The Morgan fingerprint density at radius 1 is 0.958 bits per heavy atom. The summed E-state index contributed by atoms with van der Waals surface area (Å²) in [4.78, 5) is 34.6. The second kappa shape index (κ2) is 8.47. The second-order valence-corrected chi connectivity index (χ2v) is 5.17. The summed E-state index contributed by atoms with van der Waals surface area (Å²) in [5, 5.41) is 11.4. The number of amides is 1. The van der Waals surface area contributed by atoms with Gasteiger partial charge in [-0.15, -0.1) is 0 Å². The molecular weight excluding hydrogens is 310 g/mol. The van der Waals surface area contributed by atoms with Gasteiger partial charge < -0.3 is 15.2 Å². The van der Waals surface area contributed by atoms with Crippen molar-refractivity contribution >= 4 is 18.0 Å². The fraction of sp³-hybridized carbons (Fsp3) is 0.167. The van der Waals surface area contributed by atoms with Crippen LogP contribution >= 0.6 is 0 Å². The minimum atomic E-state index is -1.05. The van der Waals surface area contributed by atoms with E-state index in [9.17, 15) is 14.4 Å². The predicted octanol–water partition coefficient (Wildman–Crippen LogP) is 2.64. The quantitative estimate of drug-likeness (QED) is 0.628. The van der Waals surface area contributed by atoms with Crippen LogP contribution in [0.2, 0.25) is 0 Å². The van der Waals surface area contributed by atoms with Crippen LogP contribution in [0.1, 0.15) is 22.3 Å². The Hall–Kier alpha value is -3.15. The number of rotatable bonds is 6. The molecular formula is C18H17NO5. The molecule has 0 spiro atoms. The molecule has 1 amide bonds. The van der Waals surface area contributed by atoms with Crippen molar-refractivity contribution in [1.82, 2.24) is 5.32 Å². The molecule has 124 valence electrons. The van der Waals surface area contributed by atoms with Gasteiger partial charge in [-0.05, 0) is 24.1 Å². The maximum atomic E-state index is 11.9. The van der Waals surface area contributed by atoms with Crippen LogP contribution in [0.25, 0.3) is 0 Å². The molecule has 0 fully saturated rings. The number of carbonyl (C=O) groups is 3. The van der Waals surface area contributed by atoms with E-state index in [-0.39, 0.29) is 12.0 Å². The lowest BCUT2D eigenvalue weighted by molar-refractivity contribution is -0.137. The Morgan fingerprint density at radius 2 is 1.54 bits per heavy atom. The lowest BCUT2D eigenvalue weighted by atomic mass is 10.0. The van der Waals surface area contributed by atoms with Crippen molar-refractivity contribution in [3.63, 3.8) is 0 Å². The van der Waals surface area contributed by atoms with Gasteiger partial charge in [0.25, 0.3) is 0 Å². The van der Waals surface area contributed by atoms with E-state index in [1.54, 1.807) is 18.2 Å². The SMILES string of the molecule is O=C(O)C[C@H](Cc1ccccc1)NC(=O)OC(=O)c1ccccc1. The van der Waals surface area contributed by atoms with Gasteiger partial charge in [0, 0.05) is 6.04 Å². The van der Waals surface area contributed by atoms with Crippen LogP contribution in [0.5, 0.6) is 0 Å². The first-order chi connectivity index (χ1) is 11.5. The normalized spacial score (nSPS) is 11.3. The number of alkyl carbamates (subject to hydrolysis) is 1. The number of esters is 1. The highest BCUT2D eigenvalue weighted by atomic mass is 16.6. The highest BCUT2D eigenvalue weighted by Crippen LogP contribution is 2.07. The highest BCUT2D eigenvalue weighted by molar-refractivity contribution is 5.96. The smallest absolute Gasteiger partial charge is 0.415 e. The van der Waals surface area contributed by atoms with Crippen LogP contribution in [0.15, 0.2) is 60.7 Å². The summed E-state index contributed by atoms with van der Waals surface area (Å²) in [6, 6.07) is 16.6. The molecule has 0 unspecified atom stereocenters. The van der Waals surface area contributed by atoms with Gasteiger partial charge in [-0.2, -0.15) is 0 Å². The summed E-state index contributed by atoms with van der Waals surface area (Å²) in [6.07, 6.45) is -0.920. The van der Waals surface area contributed by atoms with Crippen molar-refractivity contribution in [3.05, 3.63) is 71.8 Å². The van der Waals surface area contributed by atoms with E-state index in [2.05, 4.69) is 5.32 Å². The van der Waals surface area contributed by atoms with Crippen LogP contribution in [0, 0.1) is 0 Å². The number of carboxylic acid groups (broad SMARTS) is 1. The first-order valence-electron chi connectivity index (χ1n) is 7.38. The molecule has 0 aliphatic carbocycles. The number of hydrogen-bond donors (Lipinski definition) is 2. The number of benzene rings is 2. The van der Waals surface area contributed by atoms with Gasteiger partial charge in [0.1, 0.15) is 0 Å². The predicted molar refractivity (Wildman–Crippen MR) is 86.6 cm³/mol. The van der Waals surface area contributed by atoms with Crippen molar-refractivity contribution in [2.75, 3.05) is 0 Å². The summed E-state index contributed by atoms with van der Waals surface area (Å²) in [5.41, 5.74) is 1.11. The Kier molecular flexibility index (Phi) is 6.08. The average molecular weight is 327 g/mol. The third kappa shape index (κ3) is 5.57. The van der Waals surface area contributed by atoms with Gasteiger partial charge in [0.15, 0.2) is 0 Å². The first kappa shape index (κ1) is 17.2. The molecule has 0 radical (unpaired) electrons. The highest BCUT2D eigenvalue weighted by Gasteiger charge is 2.19. The molecule has 2 rings (SSSR count). The molecule has 0 aliphatic rings.